The van der Waals surface area contributed by atoms with Gasteiger partial charge in [0.2, 0.25) is 5.91 Å². The summed E-state index contributed by atoms with van der Waals surface area (Å²) in [7, 11) is 1.74. The maximum atomic E-state index is 10.8. The van der Waals surface area contributed by atoms with E-state index >= 15 is 0 Å². The molecule has 0 aromatic heterocycles. The van der Waals surface area contributed by atoms with Crippen molar-refractivity contribution in [3.05, 3.63) is 11.8 Å². The van der Waals surface area contributed by atoms with Crippen molar-refractivity contribution in [2.24, 2.45) is 5.73 Å². The van der Waals surface area contributed by atoms with E-state index in [0.717, 1.165) is 5.57 Å². The SMILES string of the molecule is CN1C=C(CN)CC1=O. The zero-order chi connectivity index (χ0) is 6.85. The van der Waals surface area contributed by atoms with Crippen molar-refractivity contribution in [3.8, 4) is 0 Å². The monoisotopic (exact) mass is 126 g/mol. The smallest absolute Gasteiger partial charge is 0.230 e. The Labute approximate surface area is 54.1 Å². The molecule has 0 aliphatic carbocycles. The molecule has 0 aromatic rings. The first-order chi connectivity index (χ1) is 4.24. The second-order valence-corrected chi connectivity index (χ2v) is 2.17. The molecule has 1 heterocycles. The lowest BCUT2D eigenvalue weighted by Gasteiger charge is -2.00. The topological polar surface area (TPSA) is 46.3 Å². The molecule has 0 atom stereocenters. The van der Waals surface area contributed by atoms with Gasteiger partial charge < -0.3 is 10.6 Å². The number of nitrogens with zero attached hydrogens (tertiary/aromatic N) is 1. The summed E-state index contributed by atoms with van der Waals surface area (Å²) in [6.07, 6.45) is 2.30. The molecule has 1 aliphatic rings. The van der Waals surface area contributed by atoms with Crippen molar-refractivity contribution in [2.45, 2.75) is 6.42 Å². The second kappa shape index (κ2) is 2.19. The number of hydrogen-bond donors (Lipinski definition) is 1. The third-order valence-electron chi connectivity index (χ3n) is 1.41. The van der Waals surface area contributed by atoms with Crippen LogP contribution in [0.25, 0.3) is 0 Å². The molecular formula is C6H10N2O. The van der Waals surface area contributed by atoms with Crippen LogP contribution < -0.4 is 5.73 Å². The minimum atomic E-state index is 0.135. The summed E-state index contributed by atoms with van der Waals surface area (Å²) >= 11 is 0. The van der Waals surface area contributed by atoms with Crippen LogP contribution in [0, 0.1) is 0 Å². The molecule has 0 saturated carbocycles. The average molecular weight is 126 g/mol. The van der Waals surface area contributed by atoms with Crippen LogP contribution in [-0.2, 0) is 4.79 Å². The van der Waals surface area contributed by atoms with Crippen LogP contribution in [0.1, 0.15) is 6.42 Å². The molecule has 1 rings (SSSR count). The maximum absolute atomic E-state index is 10.8. The number of hydrogen-bond acceptors (Lipinski definition) is 2. The highest BCUT2D eigenvalue weighted by Gasteiger charge is 2.15. The van der Waals surface area contributed by atoms with Gasteiger partial charge in [-0.15, -0.1) is 0 Å². The molecule has 0 saturated heterocycles. The van der Waals surface area contributed by atoms with Crippen molar-refractivity contribution in [1.82, 2.24) is 4.90 Å². The van der Waals surface area contributed by atoms with Crippen LogP contribution in [0.4, 0.5) is 0 Å². The summed E-state index contributed by atoms with van der Waals surface area (Å²) in [6.45, 7) is 0.496. The van der Waals surface area contributed by atoms with E-state index in [1.165, 1.54) is 0 Å². The van der Waals surface area contributed by atoms with Gasteiger partial charge in [0.15, 0.2) is 0 Å². The van der Waals surface area contributed by atoms with Gasteiger partial charge in [-0.3, -0.25) is 4.79 Å². The normalized spacial score (nSPS) is 18.7. The quantitative estimate of drug-likeness (QED) is 0.524. The van der Waals surface area contributed by atoms with Gasteiger partial charge in [-0.2, -0.15) is 0 Å². The highest BCUT2D eigenvalue weighted by Crippen LogP contribution is 2.11. The summed E-state index contributed by atoms with van der Waals surface area (Å²) in [6, 6.07) is 0. The van der Waals surface area contributed by atoms with Crippen LogP contribution in [-0.4, -0.2) is 24.4 Å². The van der Waals surface area contributed by atoms with E-state index in [1.54, 1.807) is 18.1 Å². The standard InChI is InChI=1S/C6H10N2O/c1-8-4-5(3-7)2-6(8)9/h4H,2-3,7H2,1H3. The fourth-order valence-electron chi connectivity index (χ4n) is 0.835. The van der Waals surface area contributed by atoms with Gasteiger partial charge >= 0.3 is 0 Å². The number of rotatable bonds is 1. The predicted molar refractivity (Wildman–Crippen MR) is 34.5 cm³/mol. The molecule has 1 amide bonds. The van der Waals surface area contributed by atoms with Crippen LogP contribution >= 0.6 is 0 Å². The molecule has 0 unspecified atom stereocenters. The highest BCUT2D eigenvalue weighted by molar-refractivity contribution is 5.82. The highest BCUT2D eigenvalue weighted by atomic mass is 16.2. The third-order valence-corrected chi connectivity index (χ3v) is 1.41. The Kier molecular flexibility index (Phi) is 1.53. The van der Waals surface area contributed by atoms with Crippen molar-refractivity contribution in [3.63, 3.8) is 0 Å². The van der Waals surface area contributed by atoms with Gasteiger partial charge in [0, 0.05) is 19.8 Å². The molecule has 3 nitrogen and oxygen atoms in total. The zero-order valence-electron chi connectivity index (χ0n) is 5.42. The lowest BCUT2D eigenvalue weighted by molar-refractivity contribution is -0.125. The van der Waals surface area contributed by atoms with Crippen LogP contribution in [0.3, 0.4) is 0 Å². The first-order valence-corrected chi connectivity index (χ1v) is 2.89. The third kappa shape index (κ3) is 1.10. The Morgan fingerprint density at radius 3 is 2.78 bits per heavy atom. The van der Waals surface area contributed by atoms with Gasteiger partial charge in [-0.1, -0.05) is 0 Å². The minimum absolute atomic E-state index is 0.135. The van der Waals surface area contributed by atoms with Gasteiger partial charge in [-0.05, 0) is 5.57 Å². The summed E-state index contributed by atoms with van der Waals surface area (Å²) < 4.78 is 0. The fourth-order valence-corrected chi connectivity index (χ4v) is 0.835. The Bertz CT molecular complexity index is 162. The lowest BCUT2D eigenvalue weighted by Crippen LogP contribution is -2.14. The van der Waals surface area contributed by atoms with Crippen molar-refractivity contribution in [2.75, 3.05) is 13.6 Å². The van der Waals surface area contributed by atoms with E-state index in [0.29, 0.717) is 13.0 Å². The Balaban J connectivity index is 2.62. The lowest BCUT2D eigenvalue weighted by atomic mass is 10.2. The van der Waals surface area contributed by atoms with Crippen molar-refractivity contribution >= 4 is 5.91 Å². The van der Waals surface area contributed by atoms with E-state index in [-0.39, 0.29) is 5.91 Å². The van der Waals surface area contributed by atoms with E-state index in [4.69, 9.17) is 5.73 Å². The van der Waals surface area contributed by atoms with Crippen molar-refractivity contribution < 1.29 is 4.79 Å². The van der Waals surface area contributed by atoms with E-state index in [9.17, 15) is 4.79 Å². The molecule has 3 heteroatoms. The minimum Gasteiger partial charge on any atom is -0.327 e. The Hall–Kier alpha value is -0.830. The molecule has 0 bridgehead atoms. The van der Waals surface area contributed by atoms with Gasteiger partial charge in [0.1, 0.15) is 0 Å². The molecule has 0 radical (unpaired) electrons. The number of carbonyl (C=O) groups excluding carboxylic acids is 1. The zero-order valence-corrected chi connectivity index (χ0v) is 5.42. The Morgan fingerprint density at radius 2 is 2.56 bits per heavy atom. The van der Waals surface area contributed by atoms with Gasteiger partial charge in [-0.25, -0.2) is 0 Å². The fraction of sp³-hybridized carbons (Fsp3) is 0.500. The first kappa shape index (κ1) is 6.29. The molecule has 0 aromatic carbocycles. The second-order valence-electron chi connectivity index (χ2n) is 2.17. The summed E-state index contributed by atoms with van der Waals surface area (Å²) in [4.78, 5) is 12.3. The molecule has 0 spiro atoms. The molecule has 0 fully saturated rings. The van der Waals surface area contributed by atoms with Crippen LogP contribution in [0.5, 0.6) is 0 Å². The van der Waals surface area contributed by atoms with E-state index in [2.05, 4.69) is 0 Å². The maximum Gasteiger partial charge on any atom is 0.230 e. The van der Waals surface area contributed by atoms with Crippen LogP contribution in [0.2, 0.25) is 0 Å². The molecule has 1 aliphatic heterocycles. The van der Waals surface area contributed by atoms with E-state index < -0.39 is 0 Å². The predicted octanol–water partition coefficient (Wildman–Crippen LogP) is -0.309. The van der Waals surface area contributed by atoms with Gasteiger partial charge in [0.05, 0.1) is 6.42 Å². The summed E-state index contributed by atoms with van der Waals surface area (Å²) in [5.41, 5.74) is 6.33. The first-order valence-electron chi connectivity index (χ1n) is 2.89. The molecule has 9 heavy (non-hydrogen) atoms. The average Bonchev–Trinajstić information content (AvgIpc) is 2.13. The molecule has 50 valence electrons. The summed E-state index contributed by atoms with van der Waals surface area (Å²) in [5, 5.41) is 0. The molecule has 2 N–H and O–H groups in total. The van der Waals surface area contributed by atoms with Crippen LogP contribution in [0.15, 0.2) is 11.8 Å². The summed E-state index contributed by atoms with van der Waals surface area (Å²) in [5.74, 6) is 0.135. The Morgan fingerprint density at radius 1 is 1.89 bits per heavy atom. The molecular weight excluding hydrogens is 116 g/mol. The number of carbonyl (C=O) groups is 1. The van der Waals surface area contributed by atoms with Crippen molar-refractivity contribution in [1.29, 1.82) is 0 Å². The largest absolute Gasteiger partial charge is 0.327 e. The number of nitrogens with two attached hydrogens (primary N) is 1. The number of amides is 1. The van der Waals surface area contributed by atoms with Gasteiger partial charge in [0.25, 0.3) is 0 Å². The van der Waals surface area contributed by atoms with E-state index in [1.807, 2.05) is 0 Å².